The number of aliphatic carboxylic acids is 1. The number of nitrogens with zero attached hydrogens (tertiary/aromatic N) is 1. The lowest BCUT2D eigenvalue weighted by atomic mass is 9.95. The molecule has 1 amide bonds. The third kappa shape index (κ3) is 3.20. The van der Waals surface area contributed by atoms with Crippen LogP contribution in [0.4, 0.5) is 0 Å². The van der Waals surface area contributed by atoms with Crippen LogP contribution in [0.25, 0.3) is 6.08 Å². The zero-order chi connectivity index (χ0) is 15.5. The van der Waals surface area contributed by atoms with Crippen LogP contribution >= 0.6 is 0 Å². The summed E-state index contributed by atoms with van der Waals surface area (Å²) in [5.74, 6) is -0.948. The van der Waals surface area contributed by atoms with E-state index in [-0.39, 0.29) is 12.3 Å². The average Bonchev–Trinajstić information content (AvgIpc) is 2.53. The Kier molecular flexibility index (Phi) is 4.24. The Morgan fingerprint density at radius 1 is 1.36 bits per heavy atom. The predicted octanol–water partition coefficient (Wildman–Crippen LogP) is 1.96. The molecule has 1 unspecified atom stereocenters. The Hall–Kier alpha value is -2.14. The van der Waals surface area contributed by atoms with Crippen LogP contribution < -0.4 is 0 Å². The number of benzene rings is 1. The van der Waals surface area contributed by atoms with Crippen LogP contribution in [0, 0.1) is 0 Å². The molecule has 0 aromatic heterocycles. The minimum atomic E-state index is -0.903. The summed E-state index contributed by atoms with van der Waals surface area (Å²) < 4.78 is 5.41. The fourth-order valence-electron chi connectivity index (χ4n) is 2.97. The Morgan fingerprint density at radius 3 is 3.05 bits per heavy atom. The molecule has 1 atom stereocenters. The standard InChI is InChI=1S/C17H19NO4/c19-16(20)10-15-11-18(7-8-22-15)17(21)14-6-5-12-3-1-2-4-13(12)9-14/h1,3,5-6,9,15H,2,4,7-8,10-11H2,(H,19,20). The number of aryl methyl sites for hydroxylation is 1. The Labute approximate surface area is 129 Å². The summed E-state index contributed by atoms with van der Waals surface area (Å²) in [6.07, 6.45) is 5.70. The number of carboxylic acids is 1. The van der Waals surface area contributed by atoms with Crippen LogP contribution in [-0.4, -0.2) is 47.7 Å². The summed E-state index contributed by atoms with van der Waals surface area (Å²) >= 11 is 0. The number of carboxylic acid groups (broad SMARTS) is 1. The molecule has 0 radical (unpaired) electrons. The Bertz CT molecular complexity index is 623. The number of carbonyl (C=O) groups is 2. The maximum Gasteiger partial charge on any atom is 0.306 e. The predicted molar refractivity (Wildman–Crippen MR) is 81.7 cm³/mol. The molecule has 0 bridgehead atoms. The number of allylic oxidation sites excluding steroid dienone is 1. The lowest BCUT2D eigenvalue weighted by Crippen LogP contribution is -2.46. The Morgan fingerprint density at radius 2 is 2.23 bits per heavy atom. The van der Waals surface area contributed by atoms with Crippen LogP contribution in [0.2, 0.25) is 0 Å². The van der Waals surface area contributed by atoms with E-state index >= 15 is 0 Å². The van der Waals surface area contributed by atoms with Gasteiger partial charge in [0.25, 0.3) is 5.91 Å². The highest BCUT2D eigenvalue weighted by Crippen LogP contribution is 2.22. The molecule has 5 heteroatoms. The number of hydrogen-bond acceptors (Lipinski definition) is 3. The van der Waals surface area contributed by atoms with Crippen molar-refractivity contribution in [2.75, 3.05) is 19.7 Å². The third-order valence-electron chi connectivity index (χ3n) is 4.10. The van der Waals surface area contributed by atoms with Crippen molar-refractivity contribution in [2.45, 2.75) is 25.4 Å². The van der Waals surface area contributed by atoms with Crippen LogP contribution in [0.15, 0.2) is 24.3 Å². The molecule has 1 fully saturated rings. The van der Waals surface area contributed by atoms with E-state index in [1.54, 1.807) is 4.90 Å². The summed E-state index contributed by atoms with van der Waals surface area (Å²) in [4.78, 5) is 25.1. The third-order valence-corrected chi connectivity index (χ3v) is 4.10. The van der Waals surface area contributed by atoms with Crippen LogP contribution in [-0.2, 0) is 16.0 Å². The molecule has 1 N–H and O–H groups in total. The molecule has 22 heavy (non-hydrogen) atoms. The van der Waals surface area contributed by atoms with Gasteiger partial charge in [0.1, 0.15) is 0 Å². The van der Waals surface area contributed by atoms with E-state index in [1.165, 1.54) is 11.1 Å². The number of amides is 1. The maximum atomic E-state index is 12.6. The van der Waals surface area contributed by atoms with Gasteiger partial charge in [0.15, 0.2) is 0 Å². The van der Waals surface area contributed by atoms with Crippen molar-refractivity contribution in [1.82, 2.24) is 4.90 Å². The van der Waals surface area contributed by atoms with E-state index in [1.807, 2.05) is 18.2 Å². The van der Waals surface area contributed by atoms with E-state index in [4.69, 9.17) is 9.84 Å². The fourth-order valence-corrected chi connectivity index (χ4v) is 2.97. The maximum absolute atomic E-state index is 12.6. The first kappa shape index (κ1) is 14.8. The van der Waals surface area contributed by atoms with Gasteiger partial charge in [0, 0.05) is 18.7 Å². The molecule has 1 aromatic carbocycles. The molecular weight excluding hydrogens is 282 g/mol. The smallest absolute Gasteiger partial charge is 0.306 e. The van der Waals surface area contributed by atoms with Gasteiger partial charge in [-0.05, 0) is 36.1 Å². The van der Waals surface area contributed by atoms with Gasteiger partial charge in [-0.1, -0.05) is 18.2 Å². The molecule has 2 aliphatic rings. The monoisotopic (exact) mass is 301 g/mol. The summed E-state index contributed by atoms with van der Waals surface area (Å²) in [5.41, 5.74) is 3.04. The molecule has 1 aliphatic heterocycles. The zero-order valence-corrected chi connectivity index (χ0v) is 12.3. The fraction of sp³-hybridized carbons (Fsp3) is 0.412. The SMILES string of the molecule is O=C(O)CC1CN(C(=O)c2ccc3c(c2)CCC=C3)CCO1. The van der Waals surface area contributed by atoms with Crippen LogP contribution in [0.5, 0.6) is 0 Å². The molecule has 1 aliphatic carbocycles. The van der Waals surface area contributed by atoms with Crippen molar-refractivity contribution in [1.29, 1.82) is 0 Å². The Balaban J connectivity index is 1.73. The molecule has 0 saturated carbocycles. The summed E-state index contributed by atoms with van der Waals surface area (Å²) in [6, 6.07) is 5.79. The first-order valence-corrected chi connectivity index (χ1v) is 7.55. The van der Waals surface area contributed by atoms with Gasteiger partial charge in [-0.15, -0.1) is 0 Å². The minimum absolute atomic E-state index is 0.0453. The van der Waals surface area contributed by atoms with E-state index in [2.05, 4.69) is 12.2 Å². The van der Waals surface area contributed by atoms with E-state index < -0.39 is 12.1 Å². The summed E-state index contributed by atoms with van der Waals surface area (Å²) in [7, 11) is 0. The quantitative estimate of drug-likeness (QED) is 0.927. The van der Waals surface area contributed by atoms with Gasteiger partial charge in [-0.2, -0.15) is 0 Å². The molecule has 0 spiro atoms. The molecule has 1 aromatic rings. The van der Waals surface area contributed by atoms with Gasteiger partial charge in [-0.3, -0.25) is 9.59 Å². The largest absolute Gasteiger partial charge is 0.481 e. The summed E-state index contributed by atoms with van der Waals surface area (Å²) in [6.45, 7) is 1.23. The van der Waals surface area contributed by atoms with Gasteiger partial charge < -0.3 is 14.7 Å². The second-order valence-corrected chi connectivity index (χ2v) is 5.70. The molecular formula is C17H19NO4. The van der Waals surface area contributed by atoms with Crippen molar-refractivity contribution in [3.63, 3.8) is 0 Å². The minimum Gasteiger partial charge on any atom is -0.481 e. The summed E-state index contributed by atoms with van der Waals surface area (Å²) in [5, 5.41) is 8.85. The number of fused-ring (bicyclic) bond motifs is 1. The van der Waals surface area contributed by atoms with Crippen LogP contribution in [0.1, 0.15) is 34.3 Å². The molecule has 116 valence electrons. The van der Waals surface area contributed by atoms with Gasteiger partial charge >= 0.3 is 5.97 Å². The van der Waals surface area contributed by atoms with E-state index in [9.17, 15) is 9.59 Å². The highest BCUT2D eigenvalue weighted by molar-refractivity contribution is 5.95. The first-order chi connectivity index (χ1) is 10.6. The normalized spacial score (nSPS) is 20.5. The number of rotatable bonds is 3. The zero-order valence-electron chi connectivity index (χ0n) is 12.3. The van der Waals surface area contributed by atoms with Crippen molar-refractivity contribution in [2.24, 2.45) is 0 Å². The molecule has 1 saturated heterocycles. The lowest BCUT2D eigenvalue weighted by molar-refractivity contribution is -0.141. The highest BCUT2D eigenvalue weighted by Gasteiger charge is 2.26. The molecule has 1 heterocycles. The van der Waals surface area contributed by atoms with Crippen molar-refractivity contribution >= 4 is 18.0 Å². The number of hydrogen-bond donors (Lipinski definition) is 1. The second kappa shape index (κ2) is 6.32. The van der Waals surface area contributed by atoms with Crippen molar-refractivity contribution < 1.29 is 19.4 Å². The lowest BCUT2D eigenvalue weighted by Gasteiger charge is -2.32. The van der Waals surface area contributed by atoms with Crippen LogP contribution in [0.3, 0.4) is 0 Å². The molecule has 3 rings (SSSR count). The van der Waals surface area contributed by atoms with Crippen molar-refractivity contribution in [3.8, 4) is 0 Å². The van der Waals surface area contributed by atoms with E-state index in [0.29, 0.717) is 25.3 Å². The second-order valence-electron chi connectivity index (χ2n) is 5.70. The topological polar surface area (TPSA) is 66.8 Å². The van der Waals surface area contributed by atoms with Crippen molar-refractivity contribution in [3.05, 3.63) is 41.0 Å². The van der Waals surface area contributed by atoms with Gasteiger partial charge in [-0.25, -0.2) is 0 Å². The number of carbonyl (C=O) groups excluding carboxylic acids is 1. The number of morpholine rings is 1. The number of ether oxygens (including phenoxy) is 1. The van der Waals surface area contributed by atoms with Gasteiger partial charge in [0.2, 0.25) is 0 Å². The average molecular weight is 301 g/mol. The molecule has 5 nitrogen and oxygen atoms in total. The highest BCUT2D eigenvalue weighted by atomic mass is 16.5. The van der Waals surface area contributed by atoms with Gasteiger partial charge in [0.05, 0.1) is 19.1 Å². The van der Waals surface area contributed by atoms with E-state index in [0.717, 1.165) is 12.8 Å². The first-order valence-electron chi connectivity index (χ1n) is 7.55.